The predicted octanol–water partition coefficient (Wildman–Crippen LogP) is 0.566. The third-order valence-corrected chi connectivity index (χ3v) is 3.23. The number of carbonyl (C=O) groups is 1. The second-order valence-electron chi connectivity index (χ2n) is 3.90. The average Bonchev–Trinajstić information content (AvgIpc) is 2.29. The van der Waals surface area contributed by atoms with Gasteiger partial charge in [-0.25, -0.2) is 0 Å². The van der Waals surface area contributed by atoms with Gasteiger partial charge in [0.15, 0.2) is 0 Å². The van der Waals surface area contributed by atoms with Crippen LogP contribution in [-0.4, -0.2) is 23.8 Å². The number of aliphatic hydroxyl groups is 1. The van der Waals surface area contributed by atoms with E-state index in [4.69, 9.17) is 4.74 Å². The summed E-state index contributed by atoms with van der Waals surface area (Å²) in [6, 6.07) is 0. The molecule has 4 atom stereocenters. The summed E-state index contributed by atoms with van der Waals surface area (Å²) in [4.78, 5) is 11.3. The van der Waals surface area contributed by atoms with Gasteiger partial charge < -0.3 is 9.84 Å². The highest BCUT2D eigenvalue weighted by atomic mass is 16.5. The molecule has 3 heteroatoms. The third-order valence-electron chi connectivity index (χ3n) is 3.23. The smallest absolute Gasteiger partial charge is 0.309 e. The Hall–Kier alpha value is -0.570. The molecule has 1 N–H and O–H groups in total. The first-order chi connectivity index (χ1) is 5.70. The largest absolute Gasteiger partial charge is 0.465 e. The molecule has 3 nitrogen and oxygen atoms in total. The number of rotatable bonds is 0. The quantitative estimate of drug-likeness (QED) is 0.540. The Morgan fingerprint density at radius 1 is 1.58 bits per heavy atom. The van der Waals surface area contributed by atoms with E-state index in [9.17, 15) is 9.90 Å². The van der Waals surface area contributed by atoms with Crippen LogP contribution in [0, 0.1) is 17.8 Å². The van der Waals surface area contributed by atoms with E-state index in [-0.39, 0.29) is 23.9 Å². The molecule has 0 spiro atoms. The number of esters is 1. The predicted molar refractivity (Wildman–Crippen MR) is 42.3 cm³/mol. The Labute approximate surface area is 71.7 Å². The molecule has 2 aliphatic rings. The summed E-state index contributed by atoms with van der Waals surface area (Å²) in [7, 11) is 0. The van der Waals surface area contributed by atoms with Crippen LogP contribution < -0.4 is 0 Å². The standard InChI is InChI=1S/C9H14O3/c1-5-7(10)4-6-2-3-12-9(11)8(5)6/h5-8,10H,2-4H2,1H3/t5-,6-,7-,8+/m1/s1. The van der Waals surface area contributed by atoms with Crippen molar-refractivity contribution in [2.24, 2.45) is 17.8 Å². The SMILES string of the molecule is C[C@H]1[C@@H]2C(=O)OCC[C@@H]2C[C@H]1O. The van der Waals surface area contributed by atoms with E-state index in [1.807, 2.05) is 6.92 Å². The first-order valence-corrected chi connectivity index (χ1v) is 4.55. The van der Waals surface area contributed by atoms with Crippen LogP contribution >= 0.6 is 0 Å². The molecule has 1 saturated heterocycles. The van der Waals surface area contributed by atoms with Crippen LogP contribution in [0.25, 0.3) is 0 Å². The van der Waals surface area contributed by atoms with Gasteiger partial charge in [-0.2, -0.15) is 0 Å². The van der Waals surface area contributed by atoms with Crippen LogP contribution in [0.5, 0.6) is 0 Å². The highest BCUT2D eigenvalue weighted by molar-refractivity contribution is 5.74. The van der Waals surface area contributed by atoms with Crippen molar-refractivity contribution in [3.8, 4) is 0 Å². The zero-order chi connectivity index (χ0) is 8.72. The molecule has 0 radical (unpaired) electrons. The van der Waals surface area contributed by atoms with Gasteiger partial charge in [0.1, 0.15) is 0 Å². The molecule has 1 saturated carbocycles. The Morgan fingerprint density at radius 3 is 3.00 bits per heavy atom. The zero-order valence-corrected chi connectivity index (χ0v) is 7.19. The number of fused-ring (bicyclic) bond motifs is 1. The van der Waals surface area contributed by atoms with E-state index in [1.165, 1.54) is 0 Å². The molecule has 1 aliphatic heterocycles. The van der Waals surface area contributed by atoms with E-state index in [0.29, 0.717) is 12.5 Å². The van der Waals surface area contributed by atoms with Gasteiger partial charge in [0.05, 0.1) is 18.6 Å². The highest BCUT2D eigenvalue weighted by Crippen LogP contribution is 2.41. The molecular formula is C9H14O3. The molecule has 2 fully saturated rings. The maximum atomic E-state index is 11.3. The lowest BCUT2D eigenvalue weighted by atomic mass is 9.87. The fourth-order valence-electron chi connectivity index (χ4n) is 2.45. The number of hydrogen-bond donors (Lipinski definition) is 1. The Balaban J connectivity index is 2.17. The topological polar surface area (TPSA) is 46.5 Å². The second-order valence-corrected chi connectivity index (χ2v) is 3.90. The van der Waals surface area contributed by atoms with Gasteiger partial charge in [-0.05, 0) is 24.7 Å². The van der Waals surface area contributed by atoms with Crippen molar-refractivity contribution in [2.45, 2.75) is 25.9 Å². The Kier molecular flexibility index (Phi) is 1.83. The van der Waals surface area contributed by atoms with Gasteiger partial charge in [0.25, 0.3) is 0 Å². The molecule has 1 aliphatic carbocycles. The normalized spacial score (nSPS) is 47.0. The lowest BCUT2D eigenvalue weighted by Gasteiger charge is -2.25. The van der Waals surface area contributed by atoms with Gasteiger partial charge >= 0.3 is 5.97 Å². The zero-order valence-electron chi connectivity index (χ0n) is 7.19. The lowest BCUT2D eigenvalue weighted by molar-refractivity contribution is -0.157. The minimum Gasteiger partial charge on any atom is -0.465 e. The lowest BCUT2D eigenvalue weighted by Crippen LogP contribution is -2.32. The van der Waals surface area contributed by atoms with Crippen molar-refractivity contribution in [2.75, 3.05) is 6.61 Å². The van der Waals surface area contributed by atoms with Crippen LogP contribution in [0.3, 0.4) is 0 Å². The summed E-state index contributed by atoms with van der Waals surface area (Å²) in [5.74, 6) is 0.322. The van der Waals surface area contributed by atoms with Crippen molar-refractivity contribution in [3.05, 3.63) is 0 Å². The van der Waals surface area contributed by atoms with Crippen molar-refractivity contribution >= 4 is 5.97 Å². The van der Waals surface area contributed by atoms with Crippen LogP contribution in [0.4, 0.5) is 0 Å². The molecular weight excluding hydrogens is 156 g/mol. The van der Waals surface area contributed by atoms with Gasteiger partial charge in [-0.15, -0.1) is 0 Å². The summed E-state index contributed by atoms with van der Waals surface area (Å²) >= 11 is 0. The third kappa shape index (κ3) is 1.04. The fraction of sp³-hybridized carbons (Fsp3) is 0.889. The van der Waals surface area contributed by atoms with Gasteiger partial charge in [-0.1, -0.05) is 6.92 Å². The van der Waals surface area contributed by atoms with E-state index < -0.39 is 0 Å². The number of hydrogen-bond acceptors (Lipinski definition) is 3. The summed E-state index contributed by atoms with van der Waals surface area (Å²) in [6.07, 6.45) is 1.41. The summed E-state index contributed by atoms with van der Waals surface area (Å²) in [6.45, 7) is 2.47. The number of cyclic esters (lactones) is 1. The van der Waals surface area contributed by atoms with E-state index >= 15 is 0 Å². The number of aliphatic hydroxyl groups excluding tert-OH is 1. The summed E-state index contributed by atoms with van der Waals surface area (Å²) in [5, 5.41) is 9.54. The van der Waals surface area contributed by atoms with Crippen LogP contribution in [0.15, 0.2) is 0 Å². The minimum absolute atomic E-state index is 0.0336. The maximum Gasteiger partial charge on any atom is 0.309 e. The molecule has 1 heterocycles. The number of carbonyl (C=O) groups excluding carboxylic acids is 1. The van der Waals surface area contributed by atoms with E-state index in [2.05, 4.69) is 0 Å². The van der Waals surface area contributed by atoms with Crippen LogP contribution in [-0.2, 0) is 9.53 Å². The average molecular weight is 170 g/mol. The van der Waals surface area contributed by atoms with E-state index in [1.54, 1.807) is 0 Å². The van der Waals surface area contributed by atoms with Crippen LogP contribution in [0.1, 0.15) is 19.8 Å². The maximum absolute atomic E-state index is 11.3. The van der Waals surface area contributed by atoms with Crippen molar-refractivity contribution < 1.29 is 14.6 Å². The molecule has 0 amide bonds. The molecule has 0 aromatic rings. The first-order valence-electron chi connectivity index (χ1n) is 4.55. The van der Waals surface area contributed by atoms with Crippen molar-refractivity contribution in [1.29, 1.82) is 0 Å². The van der Waals surface area contributed by atoms with E-state index in [0.717, 1.165) is 12.8 Å². The van der Waals surface area contributed by atoms with Gasteiger partial charge in [0.2, 0.25) is 0 Å². The van der Waals surface area contributed by atoms with Gasteiger partial charge in [0, 0.05) is 0 Å². The monoisotopic (exact) mass is 170 g/mol. The molecule has 0 aromatic carbocycles. The Morgan fingerprint density at radius 2 is 2.33 bits per heavy atom. The summed E-state index contributed by atoms with van der Waals surface area (Å²) in [5.41, 5.74) is 0. The Bertz CT molecular complexity index is 202. The first kappa shape index (κ1) is 8.05. The number of ether oxygens (including phenoxy) is 1. The molecule has 2 rings (SSSR count). The fourth-order valence-corrected chi connectivity index (χ4v) is 2.45. The molecule has 68 valence electrons. The second kappa shape index (κ2) is 2.73. The highest BCUT2D eigenvalue weighted by Gasteiger charge is 2.46. The molecule has 12 heavy (non-hydrogen) atoms. The summed E-state index contributed by atoms with van der Waals surface area (Å²) < 4.78 is 4.96. The molecule has 0 unspecified atom stereocenters. The van der Waals surface area contributed by atoms with Crippen LogP contribution in [0.2, 0.25) is 0 Å². The van der Waals surface area contributed by atoms with Crippen molar-refractivity contribution in [1.82, 2.24) is 0 Å². The molecule has 0 aromatic heterocycles. The van der Waals surface area contributed by atoms with Gasteiger partial charge in [-0.3, -0.25) is 4.79 Å². The van der Waals surface area contributed by atoms with Crippen molar-refractivity contribution in [3.63, 3.8) is 0 Å². The minimum atomic E-state index is -0.300. The molecule has 0 bridgehead atoms.